The van der Waals surface area contributed by atoms with E-state index >= 15 is 0 Å². The van der Waals surface area contributed by atoms with Gasteiger partial charge in [-0.3, -0.25) is 4.40 Å². The van der Waals surface area contributed by atoms with E-state index in [0.717, 1.165) is 12.2 Å². The summed E-state index contributed by atoms with van der Waals surface area (Å²) in [5.41, 5.74) is 9.34. The second-order valence-electron chi connectivity index (χ2n) is 4.37. The number of hydrogen-bond acceptors (Lipinski definition) is 3. The van der Waals surface area contributed by atoms with Crippen LogP contribution in [0.15, 0.2) is 35.8 Å². The molecule has 1 aromatic carbocycles. The molecule has 3 nitrogen and oxygen atoms in total. The SMILES string of the molecule is Cc1ccc(-c2csc3cnc(CCN)n23)cc1. The average molecular weight is 257 g/mol. The van der Waals surface area contributed by atoms with Crippen molar-refractivity contribution in [3.8, 4) is 11.3 Å². The summed E-state index contributed by atoms with van der Waals surface area (Å²) in [6, 6.07) is 8.59. The predicted octanol–water partition coefficient (Wildman–Crippen LogP) is 2.87. The molecule has 0 amide bonds. The van der Waals surface area contributed by atoms with E-state index in [9.17, 15) is 0 Å². The summed E-state index contributed by atoms with van der Waals surface area (Å²) in [7, 11) is 0. The lowest BCUT2D eigenvalue weighted by Crippen LogP contribution is -2.06. The number of benzene rings is 1. The summed E-state index contributed by atoms with van der Waals surface area (Å²) in [4.78, 5) is 5.62. The summed E-state index contributed by atoms with van der Waals surface area (Å²) >= 11 is 1.72. The van der Waals surface area contributed by atoms with Crippen molar-refractivity contribution in [2.45, 2.75) is 13.3 Å². The van der Waals surface area contributed by atoms with Crippen LogP contribution in [-0.4, -0.2) is 15.9 Å². The zero-order chi connectivity index (χ0) is 12.5. The van der Waals surface area contributed by atoms with E-state index in [1.165, 1.54) is 21.7 Å². The molecule has 0 saturated carbocycles. The molecular weight excluding hydrogens is 242 g/mol. The molecule has 92 valence electrons. The van der Waals surface area contributed by atoms with Crippen molar-refractivity contribution < 1.29 is 0 Å². The van der Waals surface area contributed by atoms with Crippen LogP contribution in [0.3, 0.4) is 0 Å². The maximum absolute atomic E-state index is 5.64. The molecule has 0 saturated heterocycles. The molecule has 0 atom stereocenters. The highest BCUT2D eigenvalue weighted by Gasteiger charge is 2.10. The van der Waals surface area contributed by atoms with Gasteiger partial charge in [-0.05, 0) is 19.0 Å². The number of aryl methyl sites for hydroxylation is 1. The normalized spacial score (nSPS) is 11.2. The van der Waals surface area contributed by atoms with Crippen LogP contribution in [-0.2, 0) is 6.42 Å². The molecule has 2 aromatic heterocycles. The maximum atomic E-state index is 5.64. The van der Waals surface area contributed by atoms with Crippen molar-refractivity contribution in [1.82, 2.24) is 9.38 Å². The predicted molar refractivity (Wildman–Crippen MR) is 76.0 cm³/mol. The number of rotatable bonds is 3. The Morgan fingerprint density at radius 1 is 1.28 bits per heavy atom. The van der Waals surface area contributed by atoms with Gasteiger partial charge in [0.25, 0.3) is 0 Å². The molecular formula is C14H15N3S. The second-order valence-corrected chi connectivity index (χ2v) is 5.26. The van der Waals surface area contributed by atoms with Crippen LogP contribution < -0.4 is 5.73 Å². The van der Waals surface area contributed by atoms with Crippen molar-refractivity contribution >= 4 is 16.2 Å². The molecule has 2 N–H and O–H groups in total. The maximum Gasteiger partial charge on any atom is 0.120 e. The molecule has 18 heavy (non-hydrogen) atoms. The average Bonchev–Trinajstić information content (AvgIpc) is 2.94. The molecule has 0 spiro atoms. The van der Waals surface area contributed by atoms with Crippen LogP contribution in [0.2, 0.25) is 0 Å². The Labute approximate surface area is 110 Å². The van der Waals surface area contributed by atoms with Crippen LogP contribution >= 0.6 is 11.3 Å². The number of hydrogen-bond donors (Lipinski definition) is 1. The number of thiazole rings is 1. The van der Waals surface area contributed by atoms with E-state index in [0.29, 0.717) is 6.54 Å². The Bertz CT molecular complexity index is 664. The molecule has 0 aliphatic heterocycles. The fraction of sp³-hybridized carbons (Fsp3) is 0.214. The summed E-state index contributed by atoms with van der Waals surface area (Å²) in [6.07, 6.45) is 2.73. The summed E-state index contributed by atoms with van der Waals surface area (Å²) in [5, 5.41) is 2.18. The highest BCUT2D eigenvalue weighted by molar-refractivity contribution is 7.15. The van der Waals surface area contributed by atoms with Gasteiger partial charge in [-0.25, -0.2) is 4.98 Å². The van der Waals surface area contributed by atoms with Crippen LogP contribution in [0.5, 0.6) is 0 Å². The molecule has 0 bridgehead atoms. The first-order valence-corrected chi connectivity index (χ1v) is 6.88. The summed E-state index contributed by atoms with van der Waals surface area (Å²) in [6.45, 7) is 2.73. The Kier molecular flexibility index (Phi) is 2.89. The number of nitrogens with two attached hydrogens (primary N) is 1. The third-order valence-corrected chi connectivity index (χ3v) is 3.92. The van der Waals surface area contributed by atoms with Gasteiger partial charge in [-0.15, -0.1) is 11.3 Å². The Balaban J connectivity index is 2.16. The number of imidazole rings is 1. The summed E-state index contributed by atoms with van der Waals surface area (Å²) < 4.78 is 2.21. The van der Waals surface area contributed by atoms with Gasteiger partial charge < -0.3 is 5.73 Å². The molecule has 4 heteroatoms. The fourth-order valence-corrected chi connectivity index (χ4v) is 3.01. The Morgan fingerprint density at radius 3 is 2.78 bits per heavy atom. The zero-order valence-electron chi connectivity index (χ0n) is 10.3. The van der Waals surface area contributed by atoms with Crippen molar-refractivity contribution in [2.75, 3.05) is 6.54 Å². The lowest BCUT2D eigenvalue weighted by atomic mass is 10.1. The fourth-order valence-electron chi connectivity index (χ4n) is 2.11. The van der Waals surface area contributed by atoms with Crippen LogP contribution in [0.4, 0.5) is 0 Å². The minimum absolute atomic E-state index is 0.627. The topological polar surface area (TPSA) is 43.3 Å². The zero-order valence-corrected chi connectivity index (χ0v) is 11.1. The lowest BCUT2D eigenvalue weighted by molar-refractivity contribution is 0.869. The van der Waals surface area contributed by atoms with Gasteiger partial charge >= 0.3 is 0 Å². The second kappa shape index (κ2) is 4.55. The molecule has 0 unspecified atom stereocenters. The lowest BCUT2D eigenvalue weighted by Gasteiger charge is -2.03. The Morgan fingerprint density at radius 2 is 2.06 bits per heavy atom. The first-order valence-electron chi connectivity index (χ1n) is 6.00. The third-order valence-electron chi connectivity index (χ3n) is 3.05. The quantitative estimate of drug-likeness (QED) is 0.784. The van der Waals surface area contributed by atoms with Crippen molar-refractivity contribution in [2.24, 2.45) is 5.73 Å². The third kappa shape index (κ3) is 1.83. The molecule has 0 aliphatic rings. The molecule has 0 radical (unpaired) electrons. The molecule has 0 aliphatic carbocycles. The van der Waals surface area contributed by atoms with Gasteiger partial charge in [0.1, 0.15) is 10.7 Å². The van der Waals surface area contributed by atoms with Crippen LogP contribution in [0.25, 0.3) is 16.1 Å². The highest BCUT2D eigenvalue weighted by Crippen LogP contribution is 2.27. The van der Waals surface area contributed by atoms with Gasteiger partial charge in [-0.2, -0.15) is 0 Å². The first kappa shape index (κ1) is 11.4. The van der Waals surface area contributed by atoms with E-state index in [1.54, 1.807) is 11.3 Å². The van der Waals surface area contributed by atoms with Crippen LogP contribution in [0.1, 0.15) is 11.4 Å². The van der Waals surface area contributed by atoms with Gasteiger partial charge in [0.15, 0.2) is 0 Å². The Hall–Kier alpha value is -1.65. The molecule has 3 rings (SSSR count). The highest BCUT2D eigenvalue weighted by atomic mass is 32.1. The van der Waals surface area contributed by atoms with E-state index in [4.69, 9.17) is 5.73 Å². The number of aromatic nitrogens is 2. The number of nitrogens with zero attached hydrogens (tertiary/aromatic N) is 2. The largest absolute Gasteiger partial charge is 0.330 e. The molecule has 3 aromatic rings. The van der Waals surface area contributed by atoms with Crippen molar-refractivity contribution in [3.63, 3.8) is 0 Å². The van der Waals surface area contributed by atoms with E-state index < -0.39 is 0 Å². The molecule has 0 fully saturated rings. The standard InChI is InChI=1S/C14H15N3S/c1-10-2-4-11(5-3-10)12-9-18-14-8-16-13(6-7-15)17(12)14/h2-5,8-9H,6-7,15H2,1H3. The summed E-state index contributed by atoms with van der Waals surface area (Å²) in [5.74, 6) is 1.05. The molecule has 2 heterocycles. The van der Waals surface area contributed by atoms with Gasteiger partial charge in [0.05, 0.1) is 11.9 Å². The number of fused-ring (bicyclic) bond motifs is 1. The van der Waals surface area contributed by atoms with Gasteiger partial charge in [0.2, 0.25) is 0 Å². The van der Waals surface area contributed by atoms with Crippen molar-refractivity contribution in [1.29, 1.82) is 0 Å². The minimum Gasteiger partial charge on any atom is -0.330 e. The van der Waals surface area contributed by atoms with E-state index in [1.807, 2.05) is 6.20 Å². The van der Waals surface area contributed by atoms with E-state index in [2.05, 4.69) is 46.0 Å². The first-order chi connectivity index (χ1) is 8.79. The van der Waals surface area contributed by atoms with Gasteiger partial charge in [0, 0.05) is 11.8 Å². The van der Waals surface area contributed by atoms with Crippen molar-refractivity contribution in [3.05, 3.63) is 47.2 Å². The van der Waals surface area contributed by atoms with E-state index in [-0.39, 0.29) is 0 Å². The smallest absolute Gasteiger partial charge is 0.120 e. The van der Waals surface area contributed by atoms with Gasteiger partial charge in [-0.1, -0.05) is 29.8 Å². The monoisotopic (exact) mass is 257 g/mol. The minimum atomic E-state index is 0.627. The van der Waals surface area contributed by atoms with Crippen LogP contribution in [0, 0.1) is 6.92 Å².